The highest BCUT2D eigenvalue weighted by Gasteiger charge is 2.17. The summed E-state index contributed by atoms with van der Waals surface area (Å²) in [5.74, 6) is 0. The highest BCUT2D eigenvalue weighted by molar-refractivity contribution is 6.21. The lowest BCUT2D eigenvalue weighted by Gasteiger charge is -2.19. The average molecular weight is 551 g/mol. The molecule has 0 heterocycles. The molecule has 8 aromatic rings. The van der Waals surface area contributed by atoms with Crippen LogP contribution in [0.25, 0.3) is 75.8 Å². The average Bonchev–Trinajstić information content (AvgIpc) is 2.98. The van der Waals surface area contributed by atoms with Crippen LogP contribution in [0.2, 0.25) is 0 Å². The molecule has 43 heavy (non-hydrogen) atoms. The van der Waals surface area contributed by atoms with Crippen molar-refractivity contribution in [3.8, 4) is 11.1 Å². The van der Waals surface area contributed by atoms with Crippen LogP contribution < -0.4 is 0 Å². The Balaban J connectivity index is 1.69. The quantitative estimate of drug-likeness (QED) is 0.178. The fourth-order valence-electron chi connectivity index (χ4n) is 7.67. The van der Waals surface area contributed by atoms with E-state index in [0.717, 1.165) is 0 Å². The van der Waals surface area contributed by atoms with Gasteiger partial charge in [-0.25, -0.2) is 0 Å². The Hall–Kier alpha value is -4.94. The second-order valence-electron chi connectivity index (χ2n) is 12.5. The zero-order valence-corrected chi connectivity index (χ0v) is 25.5. The van der Waals surface area contributed by atoms with Gasteiger partial charge in [0.1, 0.15) is 0 Å². The lowest BCUT2D eigenvalue weighted by Crippen LogP contribution is -1.94. The normalized spacial score (nSPS) is 11.8. The smallest absolute Gasteiger partial charge is 0.00210 e. The predicted molar refractivity (Wildman–Crippen MR) is 189 cm³/mol. The first-order valence-electron chi connectivity index (χ1n) is 15.3. The summed E-state index contributed by atoms with van der Waals surface area (Å²) in [6.45, 7) is 11.3. The Kier molecular flexibility index (Phi) is 5.71. The van der Waals surface area contributed by atoms with Crippen molar-refractivity contribution in [2.75, 3.05) is 0 Å². The maximum absolute atomic E-state index is 2.46. The van der Waals surface area contributed by atoms with Gasteiger partial charge < -0.3 is 0 Å². The van der Waals surface area contributed by atoms with Gasteiger partial charge in [-0.1, -0.05) is 103 Å². The summed E-state index contributed by atoms with van der Waals surface area (Å²) in [7, 11) is 0. The van der Waals surface area contributed by atoms with Crippen molar-refractivity contribution < 1.29 is 0 Å². The van der Waals surface area contributed by atoms with E-state index in [4.69, 9.17) is 0 Å². The number of rotatable bonds is 1. The molecule has 0 N–H and O–H groups in total. The molecule has 8 rings (SSSR count). The molecule has 0 aromatic heterocycles. The van der Waals surface area contributed by atoms with Gasteiger partial charge in [-0.2, -0.15) is 0 Å². The topological polar surface area (TPSA) is 0 Å². The Bertz CT molecular complexity index is 2330. The van der Waals surface area contributed by atoms with Crippen LogP contribution in [-0.4, -0.2) is 0 Å². The Labute approximate surface area is 252 Å². The monoisotopic (exact) mass is 550 g/mol. The van der Waals surface area contributed by atoms with E-state index in [2.05, 4.69) is 150 Å². The first-order chi connectivity index (χ1) is 20.9. The van der Waals surface area contributed by atoms with Crippen LogP contribution in [0.4, 0.5) is 0 Å². The van der Waals surface area contributed by atoms with E-state index in [1.54, 1.807) is 0 Å². The minimum Gasteiger partial charge on any atom is -0.0610 e. The molecule has 4 bridgehead atoms. The summed E-state index contributed by atoms with van der Waals surface area (Å²) >= 11 is 0. The third-order valence-electron chi connectivity index (χ3n) is 9.51. The van der Waals surface area contributed by atoms with Crippen LogP contribution in [0.5, 0.6) is 0 Å². The summed E-state index contributed by atoms with van der Waals surface area (Å²) in [5, 5.41) is 15.4. The maximum Gasteiger partial charge on any atom is -0.00210 e. The molecule has 8 aromatic carbocycles. The van der Waals surface area contributed by atoms with Crippen LogP contribution in [0, 0.1) is 34.6 Å². The summed E-state index contributed by atoms with van der Waals surface area (Å²) in [6.07, 6.45) is 0. The molecule has 0 nitrogen and oxygen atoms in total. The Morgan fingerprint density at radius 1 is 0.279 bits per heavy atom. The van der Waals surface area contributed by atoms with Gasteiger partial charge in [-0.3, -0.25) is 0 Å². The summed E-state index contributed by atoms with van der Waals surface area (Å²) in [5.41, 5.74) is 9.20. The summed E-state index contributed by atoms with van der Waals surface area (Å²) < 4.78 is 0. The van der Waals surface area contributed by atoms with Crippen LogP contribution in [0.15, 0.2) is 115 Å². The van der Waals surface area contributed by atoms with Crippen LogP contribution in [0.3, 0.4) is 0 Å². The van der Waals surface area contributed by atoms with Crippen molar-refractivity contribution in [1.82, 2.24) is 0 Å². The number of benzene rings is 7. The number of hydrogen-bond donors (Lipinski definition) is 0. The van der Waals surface area contributed by atoms with E-state index in [0.29, 0.717) is 0 Å². The van der Waals surface area contributed by atoms with Gasteiger partial charge in [0, 0.05) is 0 Å². The lowest BCUT2D eigenvalue weighted by molar-refractivity contribution is 1.33. The van der Waals surface area contributed by atoms with Crippen LogP contribution in [0.1, 0.15) is 27.8 Å². The van der Waals surface area contributed by atoms with E-state index in [1.807, 2.05) is 0 Å². The Morgan fingerprint density at radius 2 is 0.674 bits per heavy atom. The molecule has 0 amide bonds. The molecule has 206 valence electrons. The lowest BCUT2D eigenvalue weighted by atomic mass is 9.85. The predicted octanol–water partition coefficient (Wildman–Crippen LogP) is 12.4. The van der Waals surface area contributed by atoms with Gasteiger partial charge in [-0.05, 0) is 151 Å². The van der Waals surface area contributed by atoms with Crippen LogP contribution in [-0.2, 0) is 0 Å². The fourth-order valence-corrected chi connectivity index (χ4v) is 7.67. The van der Waals surface area contributed by atoms with Crippen molar-refractivity contribution in [3.63, 3.8) is 0 Å². The Morgan fingerprint density at radius 3 is 1.16 bits per heavy atom. The molecule has 0 aliphatic heterocycles. The second kappa shape index (κ2) is 9.54. The van der Waals surface area contributed by atoms with E-state index < -0.39 is 0 Å². The standard InChI is InChI=1S/C43H34/c1-25-18-28(4)42(29(5)19-25)43-36-16-8-14-34-26(2)20-30-10-6-12-32-22-33-13-7-11-31(39(33)23-38(30)32)21-27(3)35-15-9-17-37(43)41(35)24-40(34)36/h6-24H,1-5H3. The zero-order valence-electron chi connectivity index (χ0n) is 25.5. The van der Waals surface area contributed by atoms with Crippen molar-refractivity contribution >= 4 is 64.6 Å². The number of aryl methyl sites for hydroxylation is 5. The van der Waals surface area contributed by atoms with Gasteiger partial charge in [0.2, 0.25) is 0 Å². The molecular weight excluding hydrogens is 516 g/mol. The van der Waals surface area contributed by atoms with E-state index >= 15 is 0 Å². The van der Waals surface area contributed by atoms with Crippen molar-refractivity contribution in [2.24, 2.45) is 0 Å². The minimum atomic E-state index is 1.26. The van der Waals surface area contributed by atoms with Gasteiger partial charge in [-0.15, -0.1) is 0 Å². The fraction of sp³-hybridized carbons (Fsp3) is 0.116. The van der Waals surface area contributed by atoms with Gasteiger partial charge in [0.05, 0.1) is 0 Å². The second-order valence-corrected chi connectivity index (χ2v) is 12.5. The molecule has 0 spiro atoms. The first kappa shape index (κ1) is 25.7. The van der Waals surface area contributed by atoms with Crippen molar-refractivity contribution in [2.45, 2.75) is 34.6 Å². The highest BCUT2D eigenvalue weighted by atomic mass is 14.2. The first-order valence-corrected chi connectivity index (χ1v) is 15.3. The van der Waals surface area contributed by atoms with Gasteiger partial charge in [0.15, 0.2) is 0 Å². The van der Waals surface area contributed by atoms with E-state index in [1.165, 1.54) is 104 Å². The molecule has 0 saturated carbocycles. The van der Waals surface area contributed by atoms with E-state index in [9.17, 15) is 0 Å². The van der Waals surface area contributed by atoms with Crippen LogP contribution >= 0.6 is 0 Å². The molecule has 0 unspecified atom stereocenters. The molecule has 0 radical (unpaired) electrons. The number of hydrogen-bond acceptors (Lipinski definition) is 0. The summed E-state index contributed by atoms with van der Waals surface area (Å²) in [4.78, 5) is 0. The largest absolute Gasteiger partial charge is 0.0610 e. The minimum absolute atomic E-state index is 1.26. The summed E-state index contributed by atoms with van der Waals surface area (Å²) in [6, 6.07) is 43.7. The van der Waals surface area contributed by atoms with Gasteiger partial charge in [0.25, 0.3) is 0 Å². The molecule has 0 heteroatoms. The van der Waals surface area contributed by atoms with E-state index in [-0.39, 0.29) is 0 Å². The molecule has 0 fully saturated rings. The third kappa shape index (κ3) is 3.97. The maximum atomic E-state index is 2.46. The van der Waals surface area contributed by atoms with Crippen molar-refractivity contribution in [3.05, 3.63) is 143 Å². The SMILES string of the molecule is Cc1cc(C)c(-c2c3cccc4c(C)cc5cccc6cc7cccc(cc(C)c8cccc2c8cc43)c7cc56)c(C)c1. The highest BCUT2D eigenvalue weighted by Crippen LogP contribution is 2.43. The third-order valence-corrected chi connectivity index (χ3v) is 9.51. The molecule has 0 atom stereocenters. The van der Waals surface area contributed by atoms with Crippen molar-refractivity contribution in [1.29, 1.82) is 0 Å². The molecular formula is C43H34. The van der Waals surface area contributed by atoms with Gasteiger partial charge >= 0.3 is 0 Å². The molecule has 0 saturated heterocycles. The molecule has 0 aliphatic carbocycles. The zero-order chi connectivity index (χ0) is 29.4. The molecule has 0 aliphatic rings.